The van der Waals surface area contributed by atoms with Crippen LogP contribution in [0.15, 0.2) is 27.2 Å². The number of oxime groups is 1. The van der Waals surface area contributed by atoms with Gasteiger partial charge in [-0.05, 0) is 0 Å². The van der Waals surface area contributed by atoms with Crippen LogP contribution in [0.4, 0.5) is 10.3 Å². The summed E-state index contributed by atoms with van der Waals surface area (Å²) in [6.07, 6.45) is 0. The molecule has 37 heavy (non-hydrogen) atoms. The van der Waals surface area contributed by atoms with E-state index in [1.807, 2.05) is 0 Å². The van der Waals surface area contributed by atoms with Gasteiger partial charge in [-0.3, -0.25) is 19.3 Å². The maximum absolute atomic E-state index is 13.1. The van der Waals surface area contributed by atoms with Crippen molar-refractivity contribution >= 4 is 74.2 Å². The molecular weight excluding hydrogens is 557 g/mol. The molecule has 0 saturated carbocycles. The van der Waals surface area contributed by atoms with Crippen LogP contribution < -0.4 is 46.3 Å². The number of hydrogen-bond donors (Lipinski definition) is 4. The maximum atomic E-state index is 13.1. The number of anilines is 2. The molecule has 4 rings (SSSR count). The molecule has 14 nitrogen and oxygen atoms in total. The van der Waals surface area contributed by atoms with Gasteiger partial charge in [-0.25, -0.2) is 14.8 Å². The smallest absolute Gasteiger partial charge is 1.00 e. The van der Waals surface area contributed by atoms with Gasteiger partial charge in [0.25, 0.3) is 11.8 Å². The predicted molar refractivity (Wildman–Crippen MR) is 132 cm³/mol. The Hall–Kier alpha value is -2.70. The Labute approximate surface area is 245 Å². The Morgan fingerprint density at radius 3 is 2.54 bits per heavy atom. The van der Waals surface area contributed by atoms with E-state index in [1.165, 1.54) is 35.4 Å². The number of hydrogen-bond acceptors (Lipinski definition) is 14. The van der Waals surface area contributed by atoms with E-state index in [2.05, 4.69) is 20.4 Å². The number of fused-ring (bicyclic) bond motifs is 1. The molecule has 1 fully saturated rings. The van der Waals surface area contributed by atoms with Gasteiger partial charge in [-0.2, -0.15) is 0 Å². The Kier molecular flexibility index (Phi) is 9.54. The number of nitrogens with one attached hydrogen (secondary N) is 1. The van der Waals surface area contributed by atoms with Crippen molar-refractivity contribution in [1.82, 2.24) is 20.2 Å². The maximum Gasteiger partial charge on any atom is 1.00 e. The molecule has 2 atom stereocenters. The summed E-state index contributed by atoms with van der Waals surface area (Å²) in [6.45, 7) is 0.892. The molecule has 0 spiro atoms. The molecule has 0 bridgehead atoms. The molecule has 2 amide bonds. The Balaban J connectivity index is 0.00000253. The first-order valence-electron chi connectivity index (χ1n) is 10.1. The summed E-state index contributed by atoms with van der Waals surface area (Å²) < 4.78 is 4.91. The third-order valence-electron chi connectivity index (χ3n) is 4.90. The van der Waals surface area contributed by atoms with Crippen LogP contribution in [0.1, 0.15) is 19.7 Å². The van der Waals surface area contributed by atoms with E-state index < -0.39 is 35.2 Å². The monoisotopic (exact) mass is 577 g/mol. The molecule has 192 valence electrons. The second-order valence-electron chi connectivity index (χ2n) is 7.36. The van der Waals surface area contributed by atoms with Crippen LogP contribution in [0.2, 0.25) is 0 Å². The van der Waals surface area contributed by atoms with Crippen molar-refractivity contribution in [3.8, 4) is 0 Å². The van der Waals surface area contributed by atoms with E-state index in [0.29, 0.717) is 10.8 Å². The number of thioether (sulfide) groups is 1. The minimum Gasteiger partial charge on any atom is -1.00 e. The number of rotatable bonds is 9. The average Bonchev–Trinajstić information content (AvgIpc) is 3.45. The van der Waals surface area contributed by atoms with Gasteiger partial charge in [0, 0.05) is 29.0 Å². The number of nitrogen functional groups attached to an aromatic ring is 2. The fourth-order valence-electron chi connectivity index (χ4n) is 3.35. The van der Waals surface area contributed by atoms with E-state index in [4.69, 9.17) is 21.0 Å². The van der Waals surface area contributed by atoms with Gasteiger partial charge in [0.15, 0.2) is 22.6 Å². The number of ether oxygens (including phenoxy) is 1. The number of esters is 1. The topological polar surface area (TPSA) is 212 Å². The van der Waals surface area contributed by atoms with Crippen molar-refractivity contribution < 1.29 is 64.8 Å². The van der Waals surface area contributed by atoms with Crippen LogP contribution in [-0.2, 0) is 35.4 Å². The van der Waals surface area contributed by atoms with E-state index in [-0.39, 0.29) is 77.8 Å². The third-order valence-corrected chi connectivity index (χ3v) is 7.64. The summed E-state index contributed by atoms with van der Waals surface area (Å²) >= 11 is 3.54. The second-order valence-corrected chi connectivity index (χ2v) is 10.2. The molecule has 2 aromatic heterocycles. The van der Waals surface area contributed by atoms with Crippen molar-refractivity contribution in [3.05, 3.63) is 33.4 Å². The van der Waals surface area contributed by atoms with Crippen molar-refractivity contribution in [1.29, 1.82) is 0 Å². The molecular formula is C19H20N7NaO7S3. The molecule has 0 aromatic carbocycles. The molecule has 2 aliphatic heterocycles. The Morgan fingerprint density at radius 1 is 1.24 bits per heavy atom. The zero-order valence-corrected chi connectivity index (χ0v) is 23.9. The summed E-state index contributed by atoms with van der Waals surface area (Å²) in [6, 6.07) is -1.02. The number of nitrogens with two attached hydrogens (primary N) is 2. The first kappa shape index (κ1) is 28.9. The number of nitrogens with zero attached hydrogens (tertiary/aromatic N) is 4. The molecule has 2 aliphatic rings. The normalized spacial score (nSPS) is 18.9. The fourth-order valence-corrected chi connectivity index (χ4v) is 5.77. The largest absolute Gasteiger partial charge is 1.00 e. The third kappa shape index (κ3) is 6.42. The van der Waals surface area contributed by atoms with Crippen LogP contribution in [0.25, 0.3) is 0 Å². The van der Waals surface area contributed by atoms with E-state index in [1.54, 1.807) is 5.38 Å². The Morgan fingerprint density at radius 2 is 1.95 bits per heavy atom. The van der Waals surface area contributed by atoms with Gasteiger partial charge in [0.2, 0.25) is 0 Å². The molecule has 1 saturated heterocycles. The molecule has 4 heterocycles. The first-order chi connectivity index (χ1) is 17.2. The number of carboxylic acids is 1. The van der Waals surface area contributed by atoms with Gasteiger partial charge < -0.3 is 32.9 Å². The van der Waals surface area contributed by atoms with Crippen LogP contribution in [0.5, 0.6) is 0 Å². The van der Waals surface area contributed by atoms with E-state index in [0.717, 1.165) is 16.2 Å². The predicted octanol–water partition coefficient (Wildman–Crippen LogP) is -2.90. The summed E-state index contributed by atoms with van der Waals surface area (Å²) in [5, 5.41) is 19.2. The number of thiazole rings is 2. The zero-order chi connectivity index (χ0) is 26.0. The van der Waals surface area contributed by atoms with Crippen LogP contribution >= 0.6 is 34.4 Å². The number of aromatic nitrogens is 2. The molecule has 0 radical (unpaired) electrons. The van der Waals surface area contributed by atoms with Gasteiger partial charge in [0.1, 0.15) is 29.4 Å². The van der Waals surface area contributed by atoms with Crippen LogP contribution in [0.3, 0.4) is 0 Å². The number of amides is 2. The number of aliphatic carboxylic acids is 1. The van der Waals surface area contributed by atoms with Gasteiger partial charge >= 0.3 is 41.5 Å². The minimum atomic E-state index is -1.34. The molecule has 2 aromatic rings. The standard InChI is InChI=1S/C19H19N7O7S3.Na.H/c1-7(27)32-2-8-4-34-16-12(15(29)26(16)13(8)17(30)31)24-14(28)11(10-6-36-19(21)23-10)25-33-3-9-5-35-18(20)22-9;;/h5-6,12,16H,2-4H2,1H3,(H2,20,22)(H2,21,23)(H,24,28)(H,30,31);;/q;+1;-1/b25-11-;;/t12-,16-;;/m1../s1. The first-order valence-corrected chi connectivity index (χ1v) is 12.9. The minimum absolute atomic E-state index is 0. The quantitative estimate of drug-likeness (QED) is 0.0777. The summed E-state index contributed by atoms with van der Waals surface area (Å²) in [5.74, 6) is -3.11. The van der Waals surface area contributed by atoms with E-state index >= 15 is 0 Å². The number of β-lactam (4-membered cyclic amide) rings is 1. The van der Waals surface area contributed by atoms with Crippen molar-refractivity contribution in [2.45, 2.75) is 24.9 Å². The molecule has 6 N–H and O–H groups in total. The number of carbonyl (C=O) groups is 4. The zero-order valence-electron chi connectivity index (χ0n) is 20.5. The number of carbonyl (C=O) groups excluding carboxylic acids is 3. The second kappa shape index (κ2) is 12.2. The molecule has 0 aliphatic carbocycles. The van der Waals surface area contributed by atoms with Gasteiger partial charge in [0.05, 0.1) is 5.69 Å². The van der Waals surface area contributed by atoms with Crippen LogP contribution in [-0.4, -0.2) is 73.2 Å². The average molecular weight is 578 g/mol. The van der Waals surface area contributed by atoms with Crippen molar-refractivity contribution in [2.24, 2.45) is 5.16 Å². The molecule has 0 unspecified atom stereocenters. The SMILES string of the molecule is CC(=O)OCC1=C(C(=O)O)N2C(=O)[C@@H](NC(=O)/C(=N\OCc3csc(N)n3)c3csc(N)n3)[C@H]2SC1.[H-].[Na+]. The van der Waals surface area contributed by atoms with Gasteiger partial charge in [-0.15, -0.1) is 34.4 Å². The summed E-state index contributed by atoms with van der Waals surface area (Å²) in [5.41, 5.74) is 11.7. The van der Waals surface area contributed by atoms with Gasteiger partial charge in [-0.1, -0.05) is 5.16 Å². The summed E-state index contributed by atoms with van der Waals surface area (Å²) in [7, 11) is 0. The Bertz CT molecular complexity index is 1300. The molecule has 18 heteroatoms. The van der Waals surface area contributed by atoms with E-state index in [9.17, 15) is 24.3 Å². The van der Waals surface area contributed by atoms with Crippen LogP contribution in [0, 0.1) is 0 Å². The summed E-state index contributed by atoms with van der Waals surface area (Å²) in [4.78, 5) is 63.4. The fraction of sp³-hybridized carbons (Fsp3) is 0.316. The van der Waals surface area contributed by atoms with Crippen molar-refractivity contribution in [2.75, 3.05) is 23.8 Å². The van der Waals surface area contributed by atoms with Crippen molar-refractivity contribution in [3.63, 3.8) is 0 Å². The number of carboxylic acid groups (broad SMARTS) is 1.